The molecule has 2 aromatic heterocycles. The van der Waals surface area contributed by atoms with Gasteiger partial charge in [-0.15, -0.1) is 22.7 Å². The van der Waals surface area contributed by atoms with E-state index in [-0.39, 0.29) is 5.91 Å². The molecule has 0 unspecified atom stereocenters. The van der Waals surface area contributed by atoms with E-state index >= 15 is 0 Å². The van der Waals surface area contributed by atoms with E-state index in [1.54, 1.807) is 23.6 Å². The number of nitrogens with one attached hydrogen (secondary N) is 1. The molecule has 0 atom stereocenters. The molecule has 0 aliphatic carbocycles. The van der Waals surface area contributed by atoms with Crippen molar-refractivity contribution in [1.29, 1.82) is 5.26 Å². The quantitative estimate of drug-likeness (QED) is 0.742. The van der Waals surface area contributed by atoms with E-state index < -0.39 is 0 Å². The SMILES string of the molecule is N#Cc1ccsc1NC(=O)c1cc2c(Cl)cccc2s1. The Hall–Kier alpha value is -1.87. The number of carbonyl (C=O) groups excluding carboxylic acids is 1. The Kier molecular flexibility index (Phi) is 3.45. The van der Waals surface area contributed by atoms with Crippen LogP contribution in [0.2, 0.25) is 5.02 Å². The monoisotopic (exact) mass is 318 g/mol. The molecule has 0 aliphatic rings. The highest BCUT2D eigenvalue weighted by atomic mass is 35.5. The fourth-order valence-electron chi connectivity index (χ4n) is 1.80. The molecule has 6 heteroatoms. The number of halogens is 1. The summed E-state index contributed by atoms with van der Waals surface area (Å²) in [6, 6.07) is 11.1. The van der Waals surface area contributed by atoms with Crippen LogP contribution in [0.3, 0.4) is 0 Å². The predicted molar refractivity (Wildman–Crippen MR) is 83.8 cm³/mol. The third-order valence-electron chi connectivity index (χ3n) is 2.74. The van der Waals surface area contributed by atoms with Crippen LogP contribution >= 0.6 is 34.3 Å². The third kappa shape index (κ3) is 2.29. The molecular formula is C14H7ClN2OS2. The molecule has 0 saturated heterocycles. The molecule has 0 bridgehead atoms. The predicted octanol–water partition coefficient (Wildman–Crippen LogP) is 4.74. The average Bonchev–Trinajstić information content (AvgIpc) is 3.05. The minimum Gasteiger partial charge on any atom is -0.312 e. The molecule has 98 valence electrons. The first-order valence-corrected chi connectivity index (χ1v) is 7.73. The summed E-state index contributed by atoms with van der Waals surface area (Å²) in [5.74, 6) is -0.221. The van der Waals surface area contributed by atoms with E-state index in [9.17, 15) is 4.79 Å². The minimum absolute atomic E-state index is 0.221. The lowest BCUT2D eigenvalue weighted by Crippen LogP contribution is -2.09. The van der Waals surface area contributed by atoms with Crippen molar-refractivity contribution in [3.05, 3.63) is 51.2 Å². The van der Waals surface area contributed by atoms with Crippen molar-refractivity contribution < 1.29 is 4.79 Å². The second-order valence-electron chi connectivity index (χ2n) is 3.99. The Morgan fingerprint density at radius 1 is 1.35 bits per heavy atom. The molecule has 20 heavy (non-hydrogen) atoms. The van der Waals surface area contributed by atoms with Gasteiger partial charge in [0.25, 0.3) is 5.91 Å². The highest BCUT2D eigenvalue weighted by Crippen LogP contribution is 2.32. The molecule has 3 rings (SSSR count). The van der Waals surface area contributed by atoms with Gasteiger partial charge in [0.15, 0.2) is 0 Å². The van der Waals surface area contributed by atoms with Crippen molar-refractivity contribution in [2.24, 2.45) is 0 Å². The summed E-state index contributed by atoms with van der Waals surface area (Å²) in [6.07, 6.45) is 0. The third-order valence-corrected chi connectivity index (χ3v) is 5.00. The Balaban J connectivity index is 1.93. The molecule has 1 amide bonds. The molecular weight excluding hydrogens is 312 g/mol. The van der Waals surface area contributed by atoms with Crippen molar-refractivity contribution in [1.82, 2.24) is 0 Å². The number of carbonyl (C=O) groups is 1. The first-order valence-electron chi connectivity index (χ1n) is 5.66. The zero-order chi connectivity index (χ0) is 14.1. The fraction of sp³-hybridized carbons (Fsp3) is 0. The summed E-state index contributed by atoms with van der Waals surface area (Å²) in [5.41, 5.74) is 0.475. The van der Waals surface area contributed by atoms with Gasteiger partial charge in [0.1, 0.15) is 11.1 Å². The molecule has 0 fully saturated rings. The number of anilines is 1. The van der Waals surface area contributed by atoms with E-state index in [0.29, 0.717) is 20.5 Å². The lowest BCUT2D eigenvalue weighted by Gasteiger charge is -1.99. The Labute approximate surface area is 128 Å². The van der Waals surface area contributed by atoms with E-state index in [1.807, 2.05) is 18.2 Å². The number of fused-ring (bicyclic) bond motifs is 1. The topological polar surface area (TPSA) is 52.9 Å². The van der Waals surface area contributed by atoms with Crippen LogP contribution in [-0.2, 0) is 0 Å². The lowest BCUT2D eigenvalue weighted by atomic mass is 10.2. The van der Waals surface area contributed by atoms with E-state index in [0.717, 1.165) is 10.1 Å². The molecule has 1 aromatic carbocycles. The Morgan fingerprint density at radius 3 is 2.95 bits per heavy atom. The van der Waals surface area contributed by atoms with Crippen LogP contribution in [0.4, 0.5) is 5.00 Å². The molecule has 3 aromatic rings. The summed E-state index contributed by atoms with van der Waals surface area (Å²) < 4.78 is 0.967. The first kappa shape index (κ1) is 13.1. The highest BCUT2D eigenvalue weighted by Gasteiger charge is 2.14. The standard InChI is InChI=1S/C14H7ClN2OS2/c15-10-2-1-3-11-9(10)6-12(20-11)13(18)17-14-8(7-16)4-5-19-14/h1-6H,(H,17,18). The van der Waals surface area contributed by atoms with Gasteiger partial charge in [-0.3, -0.25) is 4.79 Å². The van der Waals surface area contributed by atoms with Gasteiger partial charge in [-0.1, -0.05) is 17.7 Å². The van der Waals surface area contributed by atoms with Gasteiger partial charge in [-0.05, 0) is 29.6 Å². The van der Waals surface area contributed by atoms with Crippen LogP contribution in [0, 0.1) is 11.3 Å². The number of thiophene rings is 2. The van der Waals surface area contributed by atoms with Crippen molar-refractivity contribution in [3.63, 3.8) is 0 Å². The number of amides is 1. The summed E-state index contributed by atoms with van der Waals surface area (Å²) in [4.78, 5) is 12.8. The number of nitrogens with zero attached hydrogens (tertiary/aromatic N) is 1. The maximum Gasteiger partial charge on any atom is 0.266 e. The highest BCUT2D eigenvalue weighted by molar-refractivity contribution is 7.21. The van der Waals surface area contributed by atoms with Gasteiger partial charge in [0.2, 0.25) is 0 Å². The summed E-state index contributed by atoms with van der Waals surface area (Å²) in [7, 11) is 0. The number of benzene rings is 1. The van der Waals surface area contributed by atoms with E-state index in [4.69, 9.17) is 16.9 Å². The van der Waals surface area contributed by atoms with Crippen molar-refractivity contribution >= 4 is 55.3 Å². The van der Waals surface area contributed by atoms with Gasteiger partial charge in [-0.2, -0.15) is 5.26 Å². The van der Waals surface area contributed by atoms with Gasteiger partial charge in [-0.25, -0.2) is 0 Å². The van der Waals surface area contributed by atoms with Gasteiger partial charge in [0, 0.05) is 15.1 Å². The molecule has 2 heterocycles. The smallest absolute Gasteiger partial charge is 0.266 e. The molecule has 3 nitrogen and oxygen atoms in total. The molecule has 0 aliphatic heterocycles. The number of rotatable bonds is 2. The largest absolute Gasteiger partial charge is 0.312 e. The lowest BCUT2D eigenvalue weighted by molar-refractivity contribution is 0.103. The van der Waals surface area contributed by atoms with Crippen LogP contribution in [0.1, 0.15) is 15.2 Å². The first-order chi connectivity index (χ1) is 9.69. The van der Waals surface area contributed by atoms with Crippen LogP contribution in [-0.4, -0.2) is 5.91 Å². The maximum atomic E-state index is 12.2. The Bertz CT molecular complexity index is 844. The van der Waals surface area contributed by atoms with Crippen LogP contribution in [0.15, 0.2) is 35.7 Å². The second kappa shape index (κ2) is 5.25. The molecule has 0 radical (unpaired) electrons. The summed E-state index contributed by atoms with van der Waals surface area (Å²) in [5, 5.41) is 15.5. The molecule has 0 spiro atoms. The zero-order valence-corrected chi connectivity index (χ0v) is 12.4. The van der Waals surface area contributed by atoms with E-state index in [2.05, 4.69) is 5.32 Å². The zero-order valence-electron chi connectivity index (χ0n) is 10.0. The number of nitriles is 1. The van der Waals surface area contributed by atoms with Crippen molar-refractivity contribution in [2.75, 3.05) is 5.32 Å². The van der Waals surface area contributed by atoms with Gasteiger partial charge < -0.3 is 5.32 Å². The summed E-state index contributed by atoms with van der Waals surface area (Å²) >= 11 is 8.81. The van der Waals surface area contributed by atoms with Crippen molar-refractivity contribution in [3.8, 4) is 6.07 Å². The molecule has 0 saturated carbocycles. The number of hydrogen-bond donors (Lipinski definition) is 1. The van der Waals surface area contributed by atoms with Crippen LogP contribution in [0.5, 0.6) is 0 Å². The second-order valence-corrected chi connectivity index (χ2v) is 6.40. The number of hydrogen-bond acceptors (Lipinski definition) is 4. The maximum absolute atomic E-state index is 12.2. The average molecular weight is 319 g/mol. The van der Waals surface area contributed by atoms with E-state index in [1.165, 1.54) is 22.7 Å². The van der Waals surface area contributed by atoms with Crippen molar-refractivity contribution in [2.45, 2.75) is 0 Å². The van der Waals surface area contributed by atoms with Crippen LogP contribution < -0.4 is 5.32 Å². The minimum atomic E-state index is -0.221. The van der Waals surface area contributed by atoms with Gasteiger partial charge in [0.05, 0.1) is 10.4 Å². The van der Waals surface area contributed by atoms with Crippen LogP contribution in [0.25, 0.3) is 10.1 Å². The van der Waals surface area contributed by atoms with Gasteiger partial charge >= 0.3 is 0 Å². The summed E-state index contributed by atoms with van der Waals surface area (Å²) in [6.45, 7) is 0. The molecule has 1 N–H and O–H groups in total. The fourth-order valence-corrected chi connectivity index (χ4v) is 3.80. The normalized spacial score (nSPS) is 10.4. The Morgan fingerprint density at radius 2 is 2.20 bits per heavy atom.